The molecule has 0 aliphatic rings. The van der Waals surface area contributed by atoms with E-state index >= 15 is 0 Å². The van der Waals surface area contributed by atoms with E-state index in [0.29, 0.717) is 28.3 Å². The zero-order chi connectivity index (χ0) is 20.3. The summed E-state index contributed by atoms with van der Waals surface area (Å²) in [6, 6.07) is 11.1. The zero-order valence-corrected chi connectivity index (χ0v) is 15.9. The van der Waals surface area contributed by atoms with Crippen LogP contribution in [0.1, 0.15) is 12.0 Å². The number of aromatic nitrogens is 1. The standard InChI is InChI=1S/C21H21FN2O4/c1-24(16-7-8-18(27-2)19(12-16)28-3)20(25)9-5-14-10-13-4-6-15(22)11-17(13)23-21(14)26/h4,6-8,10-12H,5,9H2,1-3H3,(H,23,26). The Hall–Kier alpha value is -3.35. The van der Waals surface area contributed by atoms with Crippen molar-refractivity contribution in [2.45, 2.75) is 12.8 Å². The number of hydrogen-bond acceptors (Lipinski definition) is 4. The van der Waals surface area contributed by atoms with Crippen molar-refractivity contribution in [2.75, 3.05) is 26.2 Å². The Morgan fingerprint density at radius 1 is 1.07 bits per heavy atom. The Morgan fingerprint density at radius 3 is 2.54 bits per heavy atom. The predicted octanol–water partition coefficient (Wildman–Crippen LogP) is 3.28. The normalized spacial score (nSPS) is 10.7. The van der Waals surface area contributed by atoms with Crippen LogP contribution in [0, 0.1) is 5.82 Å². The summed E-state index contributed by atoms with van der Waals surface area (Å²) in [6.45, 7) is 0. The lowest BCUT2D eigenvalue weighted by Crippen LogP contribution is -2.27. The SMILES string of the molecule is COc1ccc(N(C)C(=O)CCc2cc3ccc(F)cc3[nH]c2=O)cc1OC. The molecular formula is C21H21FN2O4. The number of anilines is 1. The van der Waals surface area contributed by atoms with Crippen molar-refractivity contribution in [2.24, 2.45) is 0 Å². The van der Waals surface area contributed by atoms with Gasteiger partial charge in [0, 0.05) is 30.8 Å². The summed E-state index contributed by atoms with van der Waals surface area (Å²) in [5.74, 6) is 0.539. The van der Waals surface area contributed by atoms with Gasteiger partial charge in [-0.25, -0.2) is 4.39 Å². The molecule has 3 rings (SSSR count). The van der Waals surface area contributed by atoms with Crippen LogP contribution >= 0.6 is 0 Å². The number of H-pyrrole nitrogens is 1. The molecule has 0 bridgehead atoms. The smallest absolute Gasteiger partial charge is 0.251 e. The van der Waals surface area contributed by atoms with Gasteiger partial charge < -0.3 is 19.4 Å². The molecule has 7 heteroatoms. The van der Waals surface area contributed by atoms with E-state index in [1.165, 1.54) is 24.1 Å². The van der Waals surface area contributed by atoms with E-state index < -0.39 is 5.82 Å². The van der Waals surface area contributed by atoms with Crippen molar-refractivity contribution in [1.29, 1.82) is 0 Å². The number of pyridine rings is 1. The summed E-state index contributed by atoms with van der Waals surface area (Å²) in [7, 11) is 4.74. The number of amides is 1. The minimum absolute atomic E-state index is 0.147. The van der Waals surface area contributed by atoms with Gasteiger partial charge in [-0.15, -0.1) is 0 Å². The van der Waals surface area contributed by atoms with E-state index in [1.807, 2.05) is 0 Å². The molecule has 0 spiro atoms. The molecule has 146 valence electrons. The molecule has 2 aromatic carbocycles. The molecule has 28 heavy (non-hydrogen) atoms. The fraction of sp³-hybridized carbons (Fsp3) is 0.238. The van der Waals surface area contributed by atoms with E-state index in [4.69, 9.17) is 9.47 Å². The summed E-state index contributed by atoms with van der Waals surface area (Å²) in [6.07, 6.45) is 0.430. The zero-order valence-electron chi connectivity index (χ0n) is 15.9. The number of ether oxygens (including phenoxy) is 2. The molecule has 0 aliphatic carbocycles. The average molecular weight is 384 g/mol. The molecule has 0 aliphatic heterocycles. The molecular weight excluding hydrogens is 363 g/mol. The van der Waals surface area contributed by atoms with Crippen molar-refractivity contribution in [1.82, 2.24) is 4.98 Å². The van der Waals surface area contributed by atoms with Crippen LogP contribution in [0.25, 0.3) is 10.9 Å². The van der Waals surface area contributed by atoms with Crippen molar-refractivity contribution in [3.05, 3.63) is 64.2 Å². The van der Waals surface area contributed by atoms with Crippen LogP contribution in [-0.2, 0) is 11.2 Å². The molecule has 0 saturated heterocycles. The van der Waals surface area contributed by atoms with Crippen molar-refractivity contribution < 1.29 is 18.7 Å². The summed E-state index contributed by atoms with van der Waals surface area (Å²) >= 11 is 0. The van der Waals surface area contributed by atoms with Crippen molar-refractivity contribution in [3.63, 3.8) is 0 Å². The molecule has 0 atom stereocenters. The maximum Gasteiger partial charge on any atom is 0.251 e. The minimum Gasteiger partial charge on any atom is -0.493 e. The third-order valence-electron chi connectivity index (χ3n) is 4.62. The van der Waals surface area contributed by atoms with Gasteiger partial charge in [0.05, 0.1) is 19.7 Å². The minimum atomic E-state index is -0.414. The van der Waals surface area contributed by atoms with E-state index in [1.54, 1.807) is 44.5 Å². The quantitative estimate of drug-likeness (QED) is 0.708. The number of benzene rings is 2. The number of hydrogen-bond donors (Lipinski definition) is 1. The van der Waals surface area contributed by atoms with Gasteiger partial charge >= 0.3 is 0 Å². The van der Waals surface area contributed by atoms with Crippen LogP contribution in [0.4, 0.5) is 10.1 Å². The number of nitrogens with zero attached hydrogens (tertiary/aromatic N) is 1. The van der Waals surface area contributed by atoms with Crippen LogP contribution in [-0.4, -0.2) is 32.2 Å². The van der Waals surface area contributed by atoms with E-state index in [-0.39, 0.29) is 24.3 Å². The number of nitrogens with one attached hydrogen (secondary N) is 1. The van der Waals surface area contributed by atoms with Gasteiger partial charge in [-0.3, -0.25) is 9.59 Å². The number of rotatable bonds is 6. The van der Waals surface area contributed by atoms with Crippen LogP contribution in [0.5, 0.6) is 11.5 Å². The Kier molecular flexibility index (Phi) is 5.63. The van der Waals surface area contributed by atoms with Gasteiger partial charge in [0.25, 0.3) is 5.56 Å². The predicted molar refractivity (Wildman–Crippen MR) is 106 cm³/mol. The second-order valence-electron chi connectivity index (χ2n) is 6.35. The van der Waals surface area contributed by atoms with Gasteiger partial charge in [0.1, 0.15) is 5.82 Å². The number of aryl methyl sites for hydroxylation is 1. The highest BCUT2D eigenvalue weighted by atomic mass is 19.1. The van der Waals surface area contributed by atoms with Crippen LogP contribution < -0.4 is 19.9 Å². The highest BCUT2D eigenvalue weighted by Crippen LogP contribution is 2.31. The number of fused-ring (bicyclic) bond motifs is 1. The first-order valence-electron chi connectivity index (χ1n) is 8.73. The summed E-state index contributed by atoms with van der Waals surface area (Å²) < 4.78 is 23.8. The number of aromatic amines is 1. The lowest BCUT2D eigenvalue weighted by molar-refractivity contribution is -0.118. The van der Waals surface area contributed by atoms with Crippen molar-refractivity contribution >= 4 is 22.5 Å². The van der Waals surface area contributed by atoms with Gasteiger partial charge in [-0.1, -0.05) is 0 Å². The Labute approximate surface area is 161 Å². The summed E-state index contributed by atoms with van der Waals surface area (Å²) in [4.78, 5) is 29.0. The Bertz CT molecular complexity index is 1080. The number of carbonyl (C=O) groups is 1. The maximum atomic E-state index is 13.3. The van der Waals surface area contributed by atoms with Crippen molar-refractivity contribution in [3.8, 4) is 11.5 Å². The number of halogens is 1. The Balaban J connectivity index is 1.75. The highest BCUT2D eigenvalue weighted by Gasteiger charge is 2.15. The molecule has 0 unspecified atom stereocenters. The largest absolute Gasteiger partial charge is 0.493 e. The first-order valence-corrected chi connectivity index (χ1v) is 8.73. The molecule has 3 aromatic rings. The molecule has 6 nitrogen and oxygen atoms in total. The summed E-state index contributed by atoms with van der Waals surface area (Å²) in [5.41, 5.74) is 1.25. The second-order valence-corrected chi connectivity index (χ2v) is 6.35. The molecule has 0 saturated carbocycles. The van der Waals surface area contributed by atoms with E-state index in [0.717, 1.165) is 5.39 Å². The van der Waals surface area contributed by atoms with Crippen LogP contribution in [0.2, 0.25) is 0 Å². The topological polar surface area (TPSA) is 71.6 Å². The second kappa shape index (κ2) is 8.12. The molecule has 0 fully saturated rings. The average Bonchev–Trinajstić information content (AvgIpc) is 2.70. The number of methoxy groups -OCH3 is 2. The highest BCUT2D eigenvalue weighted by molar-refractivity contribution is 5.93. The van der Waals surface area contributed by atoms with Gasteiger partial charge in [0.2, 0.25) is 5.91 Å². The maximum absolute atomic E-state index is 13.3. The fourth-order valence-electron chi connectivity index (χ4n) is 2.99. The lowest BCUT2D eigenvalue weighted by atomic mass is 10.1. The third-order valence-corrected chi connectivity index (χ3v) is 4.62. The molecule has 1 heterocycles. The molecule has 1 aromatic heterocycles. The molecule has 1 N–H and O–H groups in total. The summed E-state index contributed by atoms with van der Waals surface area (Å²) in [5, 5.41) is 0.719. The van der Waals surface area contributed by atoms with Gasteiger partial charge in [-0.2, -0.15) is 0 Å². The third kappa shape index (κ3) is 3.98. The van der Waals surface area contributed by atoms with Crippen LogP contribution in [0.3, 0.4) is 0 Å². The van der Waals surface area contributed by atoms with Gasteiger partial charge in [0.15, 0.2) is 11.5 Å². The first kappa shape index (κ1) is 19.4. The monoisotopic (exact) mass is 384 g/mol. The fourth-order valence-corrected chi connectivity index (χ4v) is 2.99. The number of carbonyl (C=O) groups excluding carboxylic acids is 1. The van der Waals surface area contributed by atoms with Gasteiger partial charge in [-0.05, 0) is 48.2 Å². The van der Waals surface area contributed by atoms with Crippen LogP contribution in [0.15, 0.2) is 47.3 Å². The first-order chi connectivity index (χ1) is 13.4. The molecule has 0 radical (unpaired) electrons. The van der Waals surface area contributed by atoms with E-state index in [9.17, 15) is 14.0 Å². The Morgan fingerprint density at radius 2 is 1.82 bits per heavy atom. The lowest BCUT2D eigenvalue weighted by Gasteiger charge is -2.19. The molecule has 1 amide bonds. The van der Waals surface area contributed by atoms with E-state index in [2.05, 4.69) is 4.98 Å².